The molecule has 0 fully saturated rings. The molecule has 0 unspecified atom stereocenters. The Labute approximate surface area is 205 Å². The summed E-state index contributed by atoms with van der Waals surface area (Å²) >= 11 is 0. The van der Waals surface area contributed by atoms with Gasteiger partial charge in [0.25, 0.3) is 0 Å². The zero-order valence-electron chi connectivity index (χ0n) is 20.8. The van der Waals surface area contributed by atoms with E-state index in [-0.39, 0.29) is 5.97 Å². The summed E-state index contributed by atoms with van der Waals surface area (Å²) in [7, 11) is 0. The predicted octanol–water partition coefficient (Wildman–Crippen LogP) is 5.14. The second kappa shape index (κ2) is 10.2. The minimum atomic E-state index is -0.462. The van der Waals surface area contributed by atoms with Crippen molar-refractivity contribution in [3.63, 3.8) is 0 Å². The Morgan fingerprint density at radius 1 is 1.09 bits per heavy atom. The molecule has 0 bridgehead atoms. The topological polar surface area (TPSA) is 108 Å². The van der Waals surface area contributed by atoms with Gasteiger partial charge in [0, 0.05) is 12.6 Å². The van der Waals surface area contributed by atoms with Gasteiger partial charge in [0.05, 0.1) is 41.1 Å². The smallest absolute Gasteiger partial charge is 0.306 e. The summed E-state index contributed by atoms with van der Waals surface area (Å²) in [6.07, 6.45) is 9.01. The Morgan fingerprint density at radius 3 is 2.69 bits per heavy atom. The van der Waals surface area contributed by atoms with Crippen LogP contribution in [0, 0.1) is 0 Å². The fourth-order valence-electron chi connectivity index (χ4n) is 3.54. The van der Waals surface area contributed by atoms with E-state index in [1.54, 1.807) is 18.7 Å². The van der Waals surface area contributed by atoms with Gasteiger partial charge in [-0.05, 0) is 69.4 Å². The van der Waals surface area contributed by atoms with Gasteiger partial charge >= 0.3 is 5.97 Å². The van der Waals surface area contributed by atoms with Gasteiger partial charge in [-0.2, -0.15) is 5.10 Å². The first-order valence-corrected chi connectivity index (χ1v) is 11.8. The fourth-order valence-corrected chi connectivity index (χ4v) is 3.54. The number of imidazole rings is 1. The van der Waals surface area contributed by atoms with E-state index < -0.39 is 5.60 Å². The van der Waals surface area contributed by atoms with Gasteiger partial charge in [0.1, 0.15) is 11.4 Å². The Morgan fingerprint density at radius 2 is 1.91 bits per heavy atom. The molecule has 9 nitrogen and oxygen atoms in total. The molecule has 0 aliphatic carbocycles. The number of aryl methyl sites for hydroxylation is 1. The molecule has 0 atom stereocenters. The lowest BCUT2D eigenvalue weighted by molar-refractivity contribution is -0.154. The summed E-state index contributed by atoms with van der Waals surface area (Å²) < 4.78 is 7.27. The van der Waals surface area contributed by atoms with E-state index in [9.17, 15) is 4.79 Å². The molecule has 35 heavy (non-hydrogen) atoms. The minimum Gasteiger partial charge on any atom is -0.460 e. The largest absolute Gasteiger partial charge is 0.460 e. The zero-order chi connectivity index (χ0) is 25.0. The van der Waals surface area contributed by atoms with Crippen molar-refractivity contribution in [3.8, 4) is 5.69 Å². The van der Waals surface area contributed by atoms with Crippen LogP contribution in [0.5, 0.6) is 0 Å². The summed E-state index contributed by atoms with van der Waals surface area (Å²) in [4.78, 5) is 25.6. The van der Waals surface area contributed by atoms with E-state index in [0.29, 0.717) is 36.8 Å². The Balaban J connectivity index is 1.44. The normalized spacial score (nSPS) is 11.7. The maximum atomic E-state index is 11.9. The first-order valence-electron chi connectivity index (χ1n) is 11.8. The molecule has 4 heterocycles. The highest BCUT2D eigenvalue weighted by atomic mass is 16.6. The lowest BCUT2D eigenvalue weighted by Crippen LogP contribution is -2.23. The number of nitrogens with zero attached hydrogens (tertiary/aromatic N) is 6. The molecule has 0 saturated heterocycles. The number of nitrogens with one attached hydrogen (secondary N) is 1. The van der Waals surface area contributed by atoms with E-state index in [0.717, 1.165) is 28.0 Å². The highest BCUT2D eigenvalue weighted by molar-refractivity contribution is 5.78. The first-order chi connectivity index (χ1) is 16.7. The van der Waals surface area contributed by atoms with Gasteiger partial charge in [0.15, 0.2) is 5.82 Å². The highest BCUT2D eigenvalue weighted by Crippen LogP contribution is 2.21. The molecule has 0 aliphatic rings. The molecule has 4 aromatic rings. The molecule has 9 heteroatoms. The van der Waals surface area contributed by atoms with Crippen LogP contribution in [0.3, 0.4) is 0 Å². The Hall–Kier alpha value is -3.88. The van der Waals surface area contributed by atoms with E-state index >= 15 is 0 Å². The first kappa shape index (κ1) is 24.3. The number of hydrogen-bond donors (Lipinski definition) is 1. The average Bonchev–Trinajstić information content (AvgIpc) is 3.26. The maximum absolute atomic E-state index is 11.9. The second-order valence-electron chi connectivity index (χ2n) is 9.79. The van der Waals surface area contributed by atoms with Crippen LogP contribution in [-0.2, 0) is 16.0 Å². The molecule has 0 saturated carbocycles. The standard InChI is InChI=1S/C26H31N7O2/c1-17(2)18-11-24(32-29-13-18)31-23-10-9-21-22(30-23)12-20(14-27-21)33-15-19(28-16-33)7-6-8-25(34)35-26(3,4)5/h9-17H,6-8H2,1-5H3,(H,30,31,32). The van der Waals surface area contributed by atoms with Gasteiger partial charge in [-0.1, -0.05) is 13.8 Å². The van der Waals surface area contributed by atoms with Gasteiger partial charge in [0.2, 0.25) is 0 Å². The number of carbonyl (C=O) groups is 1. The summed E-state index contributed by atoms with van der Waals surface area (Å²) in [6, 6.07) is 7.74. The molecular weight excluding hydrogens is 442 g/mol. The van der Waals surface area contributed by atoms with Crippen molar-refractivity contribution in [1.29, 1.82) is 0 Å². The van der Waals surface area contributed by atoms with Crippen LogP contribution < -0.4 is 5.32 Å². The van der Waals surface area contributed by atoms with Crippen LogP contribution in [-0.4, -0.2) is 41.3 Å². The van der Waals surface area contributed by atoms with Gasteiger partial charge in [-0.15, -0.1) is 5.10 Å². The fraction of sp³-hybridized carbons (Fsp3) is 0.385. The van der Waals surface area contributed by atoms with Crippen molar-refractivity contribution in [2.45, 2.75) is 65.4 Å². The molecule has 0 aliphatic heterocycles. The number of ether oxygens (including phenoxy) is 1. The van der Waals surface area contributed by atoms with Crippen LogP contribution >= 0.6 is 0 Å². The van der Waals surface area contributed by atoms with Gasteiger partial charge in [-0.3, -0.25) is 9.78 Å². The Bertz CT molecular complexity index is 1320. The van der Waals surface area contributed by atoms with Crippen molar-refractivity contribution < 1.29 is 9.53 Å². The van der Waals surface area contributed by atoms with Crippen LogP contribution in [0.25, 0.3) is 16.7 Å². The number of carbonyl (C=O) groups excluding carboxylic acids is 1. The highest BCUT2D eigenvalue weighted by Gasteiger charge is 2.16. The zero-order valence-corrected chi connectivity index (χ0v) is 20.8. The summed E-state index contributed by atoms with van der Waals surface area (Å²) in [6.45, 7) is 9.85. The van der Waals surface area contributed by atoms with Crippen molar-refractivity contribution in [3.05, 3.63) is 60.4 Å². The van der Waals surface area contributed by atoms with Crippen molar-refractivity contribution >= 4 is 28.6 Å². The number of aromatic nitrogens is 6. The molecule has 182 valence electrons. The second-order valence-corrected chi connectivity index (χ2v) is 9.79. The molecule has 1 N–H and O–H groups in total. The number of esters is 1. The minimum absolute atomic E-state index is 0.187. The van der Waals surface area contributed by atoms with E-state index in [1.165, 1.54) is 0 Å². The number of anilines is 2. The average molecular weight is 474 g/mol. The van der Waals surface area contributed by atoms with Gasteiger partial charge in [-0.25, -0.2) is 9.97 Å². The molecule has 0 amide bonds. The maximum Gasteiger partial charge on any atom is 0.306 e. The van der Waals surface area contributed by atoms with Gasteiger partial charge < -0.3 is 14.6 Å². The summed E-state index contributed by atoms with van der Waals surface area (Å²) in [5.41, 5.74) is 3.95. The third-order valence-electron chi connectivity index (χ3n) is 5.29. The van der Waals surface area contributed by atoms with Crippen molar-refractivity contribution in [1.82, 2.24) is 29.7 Å². The lowest BCUT2D eigenvalue weighted by Gasteiger charge is -2.19. The van der Waals surface area contributed by atoms with Crippen LogP contribution in [0.4, 0.5) is 11.6 Å². The summed E-state index contributed by atoms with van der Waals surface area (Å²) in [5.74, 6) is 1.49. The molecular formula is C26H31N7O2. The number of pyridine rings is 2. The van der Waals surface area contributed by atoms with Crippen molar-refractivity contribution in [2.24, 2.45) is 0 Å². The molecule has 0 spiro atoms. The molecule has 0 radical (unpaired) electrons. The van der Waals surface area contributed by atoms with Crippen molar-refractivity contribution in [2.75, 3.05) is 5.32 Å². The predicted molar refractivity (Wildman–Crippen MR) is 135 cm³/mol. The number of fused-ring (bicyclic) bond motifs is 1. The Kier molecular flexibility index (Phi) is 7.04. The van der Waals surface area contributed by atoms with Crippen LogP contribution in [0.1, 0.15) is 64.6 Å². The van der Waals surface area contributed by atoms with E-state index in [4.69, 9.17) is 9.72 Å². The third kappa shape index (κ3) is 6.59. The lowest BCUT2D eigenvalue weighted by atomic mass is 10.1. The SMILES string of the molecule is CC(C)c1cnnc(Nc2ccc3ncc(-n4cnc(CCCC(=O)OC(C)(C)C)c4)cc3n2)c1. The van der Waals surface area contributed by atoms with Crippen LogP contribution in [0.15, 0.2) is 49.2 Å². The van der Waals surface area contributed by atoms with E-state index in [2.05, 4.69) is 39.3 Å². The molecule has 4 rings (SSSR count). The third-order valence-corrected chi connectivity index (χ3v) is 5.29. The van der Waals surface area contributed by atoms with Crippen LogP contribution in [0.2, 0.25) is 0 Å². The molecule has 0 aromatic carbocycles. The monoisotopic (exact) mass is 473 g/mol. The van der Waals surface area contributed by atoms with E-state index in [1.807, 2.05) is 55.8 Å². The molecule has 4 aromatic heterocycles. The number of rotatable bonds is 8. The quantitative estimate of drug-likeness (QED) is 0.351. The number of hydrogen-bond acceptors (Lipinski definition) is 8. The summed E-state index contributed by atoms with van der Waals surface area (Å²) in [5, 5.41) is 11.5.